The first-order valence-corrected chi connectivity index (χ1v) is 8.03. The zero-order valence-electron chi connectivity index (χ0n) is 13.8. The van der Waals surface area contributed by atoms with E-state index in [1.165, 1.54) is 17.8 Å². The first-order chi connectivity index (χ1) is 11.5. The van der Waals surface area contributed by atoms with Crippen molar-refractivity contribution in [1.29, 1.82) is 0 Å². The van der Waals surface area contributed by atoms with E-state index in [0.717, 1.165) is 30.5 Å². The largest absolute Gasteiger partial charge is 0.332 e. The summed E-state index contributed by atoms with van der Waals surface area (Å²) in [4.78, 5) is 40.4. The van der Waals surface area contributed by atoms with Gasteiger partial charge in [0.05, 0.1) is 17.3 Å². The van der Waals surface area contributed by atoms with Crippen LogP contribution < -0.4 is 21.9 Å². The van der Waals surface area contributed by atoms with Crippen molar-refractivity contribution in [1.82, 2.24) is 19.4 Å². The number of anilines is 1. The van der Waals surface area contributed by atoms with Gasteiger partial charge in [0.2, 0.25) is 5.91 Å². The molecular formula is C16H21N5O3. The number of nitrogens with one attached hydrogen (secondary N) is 2. The Labute approximate surface area is 138 Å². The molecule has 2 N–H and O–H groups in total. The first kappa shape index (κ1) is 16.4. The second-order valence-corrected chi connectivity index (χ2v) is 6.25. The highest BCUT2D eigenvalue weighted by molar-refractivity contribution is 5.92. The highest BCUT2D eigenvalue weighted by Gasteiger charge is 2.16. The number of pyridine rings is 1. The van der Waals surface area contributed by atoms with Gasteiger partial charge in [-0.1, -0.05) is 0 Å². The van der Waals surface area contributed by atoms with E-state index in [1.54, 1.807) is 13.1 Å². The second kappa shape index (κ2) is 6.56. The SMILES string of the molecule is Cn1c(=O)c2cc(NC(=O)CCC3CCNC3)cnc2n(C)c1=O. The molecule has 0 saturated carbocycles. The minimum atomic E-state index is -0.429. The third kappa shape index (κ3) is 3.09. The maximum Gasteiger partial charge on any atom is 0.332 e. The van der Waals surface area contributed by atoms with Crippen LogP contribution in [0.2, 0.25) is 0 Å². The minimum absolute atomic E-state index is 0.0929. The van der Waals surface area contributed by atoms with Crippen molar-refractivity contribution in [2.24, 2.45) is 20.0 Å². The number of carbonyl (C=O) groups is 1. The molecule has 8 nitrogen and oxygen atoms in total. The smallest absolute Gasteiger partial charge is 0.325 e. The summed E-state index contributed by atoms with van der Waals surface area (Å²) in [7, 11) is 2.98. The fourth-order valence-electron chi connectivity index (χ4n) is 3.05. The first-order valence-electron chi connectivity index (χ1n) is 8.03. The number of aryl methyl sites for hydroxylation is 1. The van der Waals surface area contributed by atoms with E-state index < -0.39 is 11.2 Å². The number of carbonyl (C=O) groups excluding carboxylic acids is 1. The van der Waals surface area contributed by atoms with E-state index in [4.69, 9.17) is 0 Å². The Morgan fingerprint density at radius 1 is 1.38 bits per heavy atom. The average molecular weight is 331 g/mol. The van der Waals surface area contributed by atoms with Crippen LogP contribution in [0, 0.1) is 5.92 Å². The van der Waals surface area contributed by atoms with Crippen LogP contribution in [0.25, 0.3) is 11.0 Å². The summed E-state index contributed by atoms with van der Waals surface area (Å²) in [5.74, 6) is 0.456. The number of amides is 1. The summed E-state index contributed by atoms with van der Waals surface area (Å²) in [5.41, 5.74) is -0.0818. The molecular weight excluding hydrogens is 310 g/mol. The molecule has 2 aromatic rings. The van der Waals surface area contributed by atoms with Crippen molar-refractivity contribution in [3.63, 3.8) is 0 Å². The predicted molar refractivity (Wildman–Crippen MR) is 91.1 cm³/mol. The molecule has 24 heavy (non-hydrogen) atoms. The highest BCUT2D eigenvalue weighted by atomic mass is 16.2. The minimum Gasteiger partial charge on any atom is -0.325 e. The third-order valence-electron chi connectivity index (χ3n) is 4.52. The van der Waals surface area contributed by atoms with Gasteiger partial charge in [-0.25, -0.2) is 9.78 Å². The molecule has 1 atom stereocenters. The zero-order chi connectivity index (χ0) is 17.3. The Balaban J connectivity index is 1.79. The number of aromatic nitrogens is 3. The molecule has 1 aliphatic rings. The lowest BCUT2D eigenvalue weighted by Gasteiger charge is -2.10. The lowest BCUT2D eigenvalue weighted by atomic mass is 10.0. The van der Waals surface area contributed by atoms with E-state index in [0.29, 0.717) is 29.1 Å². The molecule has 1 unspecified atom stereocenters. The van der Waals surface area contributed by atoms with Gasteiger partial charge in [-0.15, -0.1) is 0 Å². The van der Waals surface area contributed by atoms with Gasteiger partial charge in [-0.2, -0.15) is 0 Å². The fraction of sp³-hybridized carbons (Fsp3) is 0.500. The van der Waals surface area contributed by atoms with Crippen molar-refractivity contribution in [3.05, 3.63) is 33.1 Å². The van der Waals surface area contributed by atoms with Crippen LogP contribution in [0.5, 0.6) is 0 Å². The molecule has 0 bridgehead atoms. The van der Waals surface area contributed by atoms with Crippen LogP contribution >= 0.6 is 0 Å². The molecule has 0 aliphatic carbocycles. The lowest BCUT2D eigenvalue weighted by molar-refractivity contribution is -0.116. The zero-order valence-corrected chi connectivity index (χ0v) is 13.8. The highest BCUT2D eigenvalue weighted by Crippen LogP contribution is 2.16. The van der Waals surface area contributed by atoms with Crippen molar-refractivity contribution in [3.8, 4) is 0 Å². The molecule has 1 saturated heterocycles. The standard InChI is InChI=1S/C16H21N5O3/c1-20-14-12(15(23)21(2)16(20)24)7-11(9-18-14)19-13(22)4-3-10-5-6-17-8-10/h7,9-10,17H,3-6,8H2,1-2H3,(H,19,22). The number of rotatable bonds is 4. The number of hydrogen-bond donors (Lipinski definition) is 2. The maximum absolute atomic E-state index is 12.2. The number of nitrogens with zero attached hydrogens (tertiary/aromatic N) is 3. The normalized spacial score (nSPS) is 17.3. The average Bonchev–Trinajstić information content (AvgIpc) is 3.09. The van der Waals surface area contributed by atoms with Crippen molar-refractivity contribution >= 4 is 22.6 Å². The second-order valence-electron chi connectivity index (χ2n) is 6.25. The number of hydrogen-bond acceptors (Lipinski definition) is 5. The van der Waals surface area contributed by atoms with E-state index in [9.17, 15) is 14.4 Å². The van der Waals surface area contributed by atoms with Gasteiger partial charge in [0.25, 0.3) is 5.56 Å². The third-order valence-corrected chi connectivity index (χ3v) is 4.52. The molecule has 0 aromatic carbocycles. The molecule has 1 fully saturated rings. The fourth-order valence-corrected chi connectivity index (χ4v) is 3.05. The molecule has 128 valence electrons. The van der Waals surface area contributed by atoms with Crippen LogP contribution in [0.1, 0.15) is 19.3 Å². The Morgan fingerprint density at radius 2 is 2.17 bits per heavy atom. The molecule has 1 amide bonds. The van der Waals surface area contributed by atoms with Crippen LogP contribution in [0.4, 0.5) is 5.69 Å². The molecule has 0 spiro atoms. The van der Waals surface area contributed by atoms with Crippen LogP contribution in [-0.2, 0) is 18.9 Å². The van der Waals surface area contributed by atoms with Crippen LogP contribution in [0.15, 0.2) is 21.9 Å². The molecule has 3 heterocycles. The maximum atomic E-state index is 12.2. The van der Waals surface area contributed by atoms with Gasteiger partial charge >= 0.3 is 5.69 Å². The number of fused-ring (bicyclic) bond motifs is 1. The predicted octanol–water partition coefficient (Wildman–Crippen LogP) is -0.0396. The van der Waals surface area contributed by atoms with Crippen LogP contribution in [0.3, 0.4) is 0 Å². The summed E-state index contributed by atoms with van der Waals surface area (Å²) >= 11 is 0. The van der Waals surface area contributed by atoms with Gasteiger partial charge in [-0.3, -0.25) is 18.7 Å². The summed E-state index contributed by atoms with van der Waals surface area (Å²) in [6, 6.07) is 1.57. The van der Waals surface area contributed by atoms with Gasteiger partial charge in [-0.05, 0) is 37.9 Å². The summed E-state index contributed by atoms with van der Waals surface area (Å²) in [6.45, 7) is 1.98. The van der Waals surface area contributed by atoms with Gasteiger partial charge in [0.15, 0.2) is 0 Å². The summed E-state index contributed by atoms with van der Waals surface area (Å²) < 4.78 is 2.35. The summed E-state index contributed by atoms with van der Waals surface area (Å²) in [6.07, 6.45) is 3.86. The van der Waals surface area contributed by atoms with Gasteiger partial charge in [0, 0.05) is 20.5 Å². The van der Waals surface area contributed by atoms with Crippen molar-refractivity contribution in [2.45, 2.75) is 19.3 Å². The Bertz CT molecular complexity index is 893. The molecule has 8 heteroatoms. The van der Waals surface area contributed by atoms with Gasteiger partial charge in [0.1, 0.15) is 5.65 Å². The monoisotopic (exact) mass is 331 g/mol. The van der Waals surface area contributed by atoms with Crippen molar-refractivity contribution in [2.75, 3.05) is 18.4 Å². The van der Waals surface area contributed by atoms with Crippen molar-refractivity contribution < 1.29 is 4.79 Å². The van der Waals surface area contributed by atoms with E-state index in [1.807, 2.05) is 0 Å². The Morgan fingerprint density at radius 3 is 2.88 bits per heavy atom. The molecule has 1 aliphatic heterocycles. The Hall–Kier alpha value is -2.48. The molecule has 3 rings (SSSR count). The van der Waals surface area contributed by atoms with E-state index in [-0.39, 0.29) is 5.91 Å². The van der Waals surface area contributed by atoms with Crippen LogP contribution in [-0.4, -0.2) is 33.1 Å². The molecule has 0 radical (unpaired) electrons. The van der Waals surface area contributed by atoms with E-state index >= 15 is 0 Å². The lowest BCUT2D eigenvalue weighted by Crippen LogP contribution is -2.37. The summed E-state index contributed by atoms with van der Waals surface area (Å²) in [5, 5.41) is 6.37. The topological polar surface area (TPSA) is 98.0 Å². The van der Waals surface area contributed by atoms with Gasteiger partial charge < -0.3 is 10.6 Å². The Kier molecular flexibility index (Phi) is 4.48. The van der Waals surface area contributed by atoms with E-state index in [2.05, 4.69) is 15.6 Å². The quantitative estimate of drug-likeness (QED) is 0.819. The molecule has 2 aromatic heterocycles.